The van der Waals surface area contributed by atoms with Crippen molar-refractivity contribution in [3.8, 4) is 0 Å². The molecular formula is C24H33N4O3S+. The van der Waals surface area contributed by atoms with Gasteiger partial charge >= 0.3 is 0 Å². The summed E-state index contributed by atoms with van der Waals surface area (Å²) in [6, 6.07) is 9.81. The molecule has 0 unspecified atom stereocenters. The van der Waals surface area contributed by atoms with Gasteiger partial charge in [-0.2, -0.15) is 0 Å². The molecule has 0 saturated carbocycles. The number of carbonyl (C=O) groups excluding carboxylic acids is 3. The largest absolute Gasteiger partial charge is 0.347 e. The average Bonchev–Trinajstić information content (AvgIpc) is 3.12. The number of benzene rings is 1. The second kappa shape index (κ2) is 10.7. The highest BCUT2D eigenvalue weighted by Gasteiger charge is 2.35. The van der Waals surface area contributed by atoms with Crippen LogP contribution in [-0.4, -0.2) is 67.4 Å². The van der Waals surface area contributed by atoms with Crippen LogP contribution < -0.4 is 10.6 Å². The van der Waals surface area contributed by atoms with Crippen LogP contribution in [0.25, 0.3) is 0 Å². The minimum Gasteiger partial charge on any atom is -0.347 e. The Kier molecular flexibility index (Phi) is 8.04. The summed E-state index contributed by atoms with van der Waals surface area (Å²) in [6.07, 6.45) is 3.13. The van der Waals surface area contributed by atoms with Crippen molar-refractivity contribution in [2.45, 2.75) is 32.7 Å². The first kappa shape index (κ1) is 23.9. The maximum absolute atomic E-state index is 13.1. The van der Waals surface area contributed by atoms with Crippen LogP contribution in [-0.2, 0) is 16.1 Å². The second-order valence-electron chi connectivity index (χ2n) is 8.80. The van der Waals surface area contributed by atoms with Crippen molar-refractivity contribution < 1.29 is 18.9 Å². The van der Waals surface area contributed by atoms with Crippen molar-refractivity contribution in [2.75, 3.05) is 45.6 Å². The molecule has 1 aromatic carbocycles. The molecule has 8 heteroatoms. The van der Waals surface area contributed by atoms with E-state index < -0.39 is 0 Å². The Hall–Kier alpha value is -2.71. The molecule has 0 radical (unpaired) electrons. The van der Waals surface area contributed by atoms with Crippen molar-refractivity contribution >= 4 is 34.7 Å². The number of rotatable bonds is 8. The van der Waals surface area contributed by atoms with Crippen LogP contribution in [0, 0.1) is 6.92 Å². The molecule has 1 aromatic heterocycles. The molecule has 3 rings (SSSR count). The quantitative estimate of drug-likeness (QED) is 0.598. The Balaban J connectivity index is 1.66. The zero-order valence-electron chi connectivity index (χ0n) is 19.1. The third-order valence-corrected chi connectivity index (χ3v) is 6.98. The van der Waals surface area contributed by atoms with Crippen LogP contribution in [0.1, 0.15) is 40.1 Å². The lowest BCUT2D eigenvalue weighted by Gasteiger charge is -2.40. The van der Waals surface area contributed by atoms with E-state index in [1.54, 1.807) is 14.1 Å². The number of anilines is 1. The third-order valence-electron chi connectivity index (χ3n) is 5.90. The number of thiophene rings is 1. The summed E-state index contributed by atoms with van der Waals surface area (Å²) in [5, 5.41) is 7.86. The molecule has 0 aliphatic carbocycles. The fraction of sp³-hybridized carbons (Fsp3) is 0.458. The number of amides is 3. The van der Waals surface area contributed by atoms with Crippen LogP contribution in [0.15, 0.2) is 35.7 Å². The Morgan fingerprint density at radius 1 is 1.00 bits per heavy atom. The number of nitrogens with zero attached hydrogens (tertiary/aromatic N) is 2. The van der Waals surface area contributed by atoms with E-state index in [2.05, 4.69) is 10.6 Å². The molecule has 1 fully saturated rings. The lowest BCUT2D eigenvalue weighted by Crippen LogP contribution is -2.59. The number of hydrogen-bond donors (Lipinski definition) is 2. The van der Waals surface area contributed by atoms with Gasteiger partial charge < -0.3 is 20.0 Å². The highest BCUT2D eigenvalue weighted by atomic mass is 32.1. The molecule has 2 aromatic rings. The highest BCUT2D eigenvalue weighted by molar-refractivity contribution is 7.13. The molecule has 1 aliphatic heterocycles. The van der Waals surface area contributed by atoms with E-state index in [9.17, 15) is 14.4 Å². The van der Waals surface area contributed by atoms with Crippen molar-refractivity contribution in [1.29, 1.82) is 0 Å². The Labute approximate surface area is 194 Å². The summed E-state index contributed by atoms with van der Waals surface area (Å²) in [5.41, 5.74) is 2.51. The normalized spacial score (nSPS) is 15.1. The minimum atomic E-state index is -0.155. The fourth-order valence-corrected chi connectivity index (χ4v) is 5.18. The van der Waals surface area contributed by atoms with Crippen LogP contribution in [0.2, 0.25) is 0 Å². The van der Waals surface area contributed by atoms with Gasteiger partial charge in [-0.15, -0.1) is 11.3 Å². The van der Waals surface area contributed by atoms with Crippen LogP contribution in [0.4, 0.5) is 5.69 Å². The summed E-state index contributed by atoms with van der Waals surface area (Å²) in [4.78, 5) is 40.3. The molecule has 32 heavy (non-hydrogen) atoms. The average molecular weight is 458 g/mol. The van der Waals surface area contributed by atoms with Crippen LogP contribution in [0.3, 0.4) is 0 Å². The fourth-order valence-electron chi connectivity index (χ4n) is 4.16. The molecule has 2 heterocycles. The van der Waals surface area contributed by atoms with Crippen molar-refractivity contribution in [3.63, 3.8) is 0 Å². The lowest BCUT2D eigenvalue weighted by molar-refractivity contribution is -0.917. The van der Waals surface area contributed by atoms with Crippen molar-refractivity contribution in [2.24, 2.45) is 0 Å². The Morgan fingerprint density at radius 3 is 2.31 bits per heavy atom. The van der Waals surface area contributed by atoms with Gasteiger partial charge in [0.1, 0.15) is 4.88 Å². The number of hydrogen-bond acceptors (Lipinski definition) is 4. The molecule has 1 saturated heterocycles. The summed E-state index contributed by atoms with van der Waals surface area (Å²) in [6.45, 7) is 4.49. The minimum absolute atomic E-state index is 0.0428. The third kappa shape index (κ3) is 6.17. The topological polar surface area (TPSA) is 78.5 Å². The number of carbonyl (C=O) groups is 3. The van der Waals surface area contributed by atoms with Crippen molar-refractivity contribution in [3.05, 3.63) is 51.7 Å². The molecule has 2 N–H and O–H groups in total. The Morgan fingerprint density at radius 2 is 1.66 bits per heavy atom. The van der Waals surface area contributed by atoms with E-state index in [1.807, 2.05) is 42.6 Å². The molecule has 3 amide bonds. The zero-order chi connectivity index (χ0) is 23.1. The standard InChI is InChI=1S/C24H32N4O3S/c1-18-17-32-23(24(31)27(2)3)22(18)26-21(30)16-28(12-8-5-9-13-28)15-20(29)25-14-19-10-6-4-7-11-19/h4,6-7,10-11,17H,5,8-9,12-16H2,1-3H3,(H-,25,26,29,30,31)/p+1. The van der Waals surface area contributed by atoms with Gasteiger partial charge in [-0.05, 0) is 42.7 Å². The van der Waals surface area contributed by atoms with E-state index in [-0.39, 0.29) is 30.8 Å². The van der Waals surface area contributed by atoms with Gasteiger partial charge in [-0.25, -0.2) is 0 Å². The Bertz CT molecular complexity index is 949. The van der Waals surface area contributed by atoms with Crippen LogP contribution >= 0.6 is 11.3 Å². The molecule has 1 aliphatic rings. The highest BCUT2D eigenvalue weighted by Crippen LogP contribution is 2.29. The summed E-state index contributed by atoms with van der Waals surface area (Å²) in [7, 11) is 3.40. The van der Waals surface area contributed by atoms with Gasteiger partial charge in [0.15, 0.2) is 13.1 Å². The number of quaternary nitrogens is 1. The van der Waals surface area contributed by atoms with E-state index >= 15 is 0 Å². The van der Waals surface area contributed by atoms with Gasteiger partial charge in [0.05, 0.1) is 18.8 Å². The van der Waals surface area contributed by atoms with E-state index in [1.165, 1.54) is 16.2 Å². The first-order valence-corrected chi connectivity index (χ1v) is 11.9. The van der Waals surface area contributed by atoms with Gasteiger partial charge in [0.25, 0.3) is 17.7 Å². The van der Waals surface area contributed by atoms with Crippen LogP contribution in [0.5, 0.6) is 0 Å². The predicted octanol–water partition coefficient (Wildman–Crippen LogP) is 3.01. The van der Waals surface area contributed by atoms with Gasteiger partial charge in [0.2, 0.25) is 0 Å². The summed E-state index contributed by atoms with van der Waals surface area (Å²) in [5.74, 6) is -0.323. The maximum atomic E-state index is 13.1. The van der Waals surface area contributed by atoms with E-state index in [0.29, 0.717) is 21.6 Å². The summed E-state index contributed by atoms with van der Waals surface area (Å²) >= 11 is 1.34. The molecule has 0 atom stereocenters. The zero-order valence-corrected chi connectivity index (χ0v) is 20.0. The van der Waals surface area contributed by atoms with Crippen molar-refractivity contribution in [1.82, 2.24) is 10.2 Å². The lowest BCUT2D eigenvalue weighted by atomic mass is 10.1. The number of nitrogens with one attached hydrogen (secondary N) is 2. The number of piperidine rings is 1. The molecule has 0 bridgehead atoms. The monoisotopic (exact) mass is 457 g/mol. The first-order chi connectivity index (χ1) is 15.3. The number of aryl methyl sites for hydroxylation is 1. The SMILES string of the molecule is Cc1csc(C(=O)N(C)C)c1NC(=O)C[N+]1(CC(=O)NCc2ccccc2)CCCCC1. The van der Waals surface area contributed by atoms with Gasteiger partial charge in [-0.1, -0.05) is 30.3 Å². The van der Waals surface area contributed by atoms with Gasteiger partial charge in [0, 0.05) is 20.6 Å². The van der Waals surface area contributed by atoms with E-state index in [0.717, 1.165) is 43.5 Å². The molecular weight excluding hydrogens is 424 g/mol. The number of likely N-dealkylation sites (tertiary alicyclic amines) is 1. The maximum Gasteiger partial charge on any atom is 0.279 e. The molecule has 0 spiro atoms. The second-order valence-corrected chi connectivity index (χ2v) is 9.68. The molecule has 172 valence electrons. The van der Waals surface area contributed by atoms with Gasteiger partial charge in [-0.3, -0.25) is 14.4 Å². The molecule has 7 nitrogen and oxygen atoms in total. The van der Waals surface area contributed by atoms with E-state index in [4.69, 9.17) is 0 Å². The predicted molar refractivity (Wildman–Crippen MR) is 128 cm³/mol. The smallest absolute Gasteiger partial charge is 0.279 e. The first-order valence-electron chi connectivity index (χ1n) is 11.0. The summed E-state index contributed by atoms with van der Waals surface area (Å²) < 4.78 is 0.451.